The van der Waals surface area contributed by atoms with Crippen LogP contribution in [0.3, 0.4) is 0 Å². The quantitative estimate of drug-likeness (QED) is 0.377. The van der Waals surface area contributed by atoms with Crippen LogP contribution in [0.15, 0.2) is 30.5 Å². The molecule has 10 heteroatoms. The van der Waals surface area contributed by atoms with E-state index < -0.39 is 23.4 Å². The number of ether oxygens (including phenoxy) is 1. The van der Waals surface area contributed by atoms with Crippen LogP contribution in [0.25, 0.3) is 5.65 Å². The summed E-state index contributed by atoms with van der Waals surface area (Å²) < 4.78 is 47.7. The Balaban J connectivity index is 1.93. The summed E-state index contributed by atoms with van der Waals surface area (Å²) >= 11 is 6.31. The fraction of sp³-hybridized carbons (Fsp3) is 0.435. The van der Waals surface area contributed by atoms with E-state index in [1.807, 2.05) is 0 Å². The summed E-state index contributed by atoms with van der Waals surface area (Å²) in [5, 5.41) is 4.50. The predicted octanol–water partition coefficient (Wildman–Crippen LogP) is 7.05. The number of aryl methyl sites for hydroxylation is 1. The number of fused-ring (bicyclic) bond motifs is 1. The molecule has 0 spiro atoms. The first-order valence-electron chi connectivity index (χ1n) is 10.6. The van der Waals surface area contributed by atoms with Crippen LogP contribution in [-0.2, 0) is 10.9 Å². The van der Waals surface area contributed by atoms with E-state index in [1.54, 1.807) is 27.0 Å². The number of nitrogens with zero attached hydrogens (tertiary/aromatic N) is 4. The second kappa shape index (κ2) is 8.20. The minimum atomic E-state index is -4.59. The van der Waals surface area contributed by atoms with Crippen molar-refractivity contribution in [1.82, 2.24) is 14.6 Å². The molecule has 0 atom stereocenters. The van der Waals surface area contributed by atoms with Crippen molar-refractivity contribution in [2.24, 2.45) is 0 Å². The van der Waals surface area contributed by atoms with Gasteiger partial charge in [0.15, 0.2) is 5.65 Å². The molecule has 0 aliphatic heterocycles. The highest BCUT2D eigenvalue weighted by Crippen LogP contribution is 2.40. The molecule has 1 aromatic carbocycles. The maximum atomic E-state index is 13.6. The molecule has 2 heterocycles. The minimum Gasteiger partial charge on any atom is -0.443 e. The molecule has 1 aliphatic carbocycles. The lowest BCUT2D eigenvalue weighted by Gasteiger charge is -2.28. The predicted molar refractivity (Wildman–Crippen MR) is 119 cm³/mol. The molecule has 6 nitrogen and oxygen atoms in total. The van der Waals surface area contributed by atoms with Gasteiger partial charge in [-0.1, -0.05) is 18.0 Å². The summed E-state index contributed by atoms with van der Waals surface area (Å²) in [6.07, 6.45) is -0.680. The highest BCUT2D eigenvalue weighted by Gasteiger charge is 2.34. The monoisotopic (exact) mass is 480 g/mol. The Kier molecular flexibility index (Phi) is 5.80. The highest BCUT2D eigenvalue weighted by atomic mass is 35.5. The van der Waals surface area contributed by atoms with E-state index in [-0.39, 0.29) is 22.6 Å². The zero-order chi connectivity index (χ0) is 24.1. The van der Waals surface area contributed by atoms with E-state index in [0.29, 0.717) is 11.2 Å². The summed E-state index contributed by atoms with van der Waals surface area (Å²) in [6.45, 7) is 6.57. The van der Waals surface area contributed by atoms with Crippen LogP contribution in [0.2, 0.25) is 5.15 Å². The number of hydrogen-bond acceptors (Lipinski definition) is 4. The largest absolute Gasteiger partial charge is 0.443 e. The lowest BCUT2D eigenvalue weighted by atomic mass is 9.81. The Bertz CT molecular complexity index is 1210. The van der Waals surface area contributed by atoms with E-state index in [9.17, 15) is 18.0 Å². The van der Waals surface area contributed by atoms with Gasteiger partial charge < -0.3 is 4.74 Å². The van der Waals surface area contributed by atoms with Crippen molar-refractivity contribution in [1.29, 1.82) is 0 Å². The first-order chi connectivity index (χ1) is 15.3. The lowest BCUT2D eigenvalue weighted by molar-refractivity contribution is -0.137. The van der Waals surface area contributed by atoms with Crippen molar-refractivity contribution in [3.63, 3.8) is 0 Å². The number of rotatable bonds is 3. The van der Waals surface area contributed by atoms with Crippen molar-refractivity contribution >= 4 is 34.8 Å². The number of hydrogen-bond donors (Lipinski definition) is 0. The van der Waals surface area contributed by atoms with Gasteiger partial charge in [0.25, 0.3) is 0 Å². The van der Waals surface area contributed by atoms with E-state index >= 15 is 0 Å². The van der Waals surface area contributed by atoms with Crippen LogP contribution < -0.4 is 4.90 Å². The first kappa shape index (κ1) is 23.4. The maximum Gasteiger partial charge on any atom is 0.420 e. The third-order valence-corrected chi connectivity index (χ3v) is 5.64. The fourth-order valence-corrected chi connectivity index (χ4v) is 3.97. The van der Waals surface area contributed by atoms with Crippen molar-refractivity contribution in [3.05, 3.63) is 52.3 Å². The molecule has 0 saturated heterocycles. The number of aromatic nitrogens is 3. The van der Waals surface area contributed by atoms with Gasteiger partial charge in [-0.2, -0.15) is 22.8 Å². The molecule has 0 N–H and O–H groups in total. The second-order valence-electron chi connectivity index (χ2n) is 9.27. The molecule has 3 aromatic rings. The Hall–Kier alpha value is -2.81. The minimum absolute atomic E-state index is 0.0131. The van der Waals surface area contributed by atoms with Crippen LogP contribution in [0.4, 0.5) is 29.5 Å². The third-order valence-electron chi connectivity index (χ3n) is 5.45. The molecule has 1 amide bonds. The summed E-state index contributed by atoms with van der Waals surface area (Å²) in [4.78, 5) is 18.8. The van der Waals surface area contributed by atoms with Crippen LogP contribution >= 0.6 is 11.6 Å². The van der Waals surface area contributed by atoms with Crippen molar-refractivity contribution in [2.75, 3.05) is 4.90 Å². The number of halogens is 4. The average Bonchev–Trinajstić information content (AvgIpc) is 3.01. The highest BCUT2D eigenvalue weighted by molar-refractivity contribution is 6.29. The van der Waals surface area contributed by atoms with Crippen LogP contribution in [0.1, 0.15) is 62.6 Å². The van der Waals surface area contributed by atoms with Crippen molar-refractivity contribution < 1.29 is 22.7 Å². The Morgan fingerprint density at radius 1 is 1.18 bits per heavy atom. The Morgan fingerprint density at radius 3 is 2.45 bits per heavy atom. The van der Waals surface area contributed by atoms with Gasteiger partial charge in [-0.05, 0) is 70.2 Å². The van der Waals surface area contributed by atoms with E-state index in [0.717, 1.165) is 41.9 Å². The lowest BCUT2D eigenvalue weighted by Crippen LogP contribution is -2.35. The van der Waals surface area contributed by atoms with E-state index in [4.69, 9.17) is 16.3 Å². The molecule has 0 bridgehead atoms. The third kappa shape index (κ3) is 4.78. The molecular formula is C23H24ClF3N4O2. The van der Waals surface area contributed by atoms with Crippen LogP contribution in [-0.4, -0.2) is 26.3 Å². The SMILES string of the molecule is Cc1cc(N(C(=O)OC(C)(C)C)c2cc(Cl)nc3c(C4CCC4)cnn23)cc(C(F)(F)F)c1. The number of alkyl halides is 3. The number of amides is 1. The first-order valence-corrected chi connectivity index (χ1v) is 11.0. The summed E-state index contributed by atoms with van der Waals surface area (Å²) in [5.74, 6) is 0.427. The normalized spacial score (nSPS) is 14.9. The van der Waals surface area contributed by atoms with Gasteiger partial charge in [0.2, 0.25) is 0 Å². The van der Waals surface area contributed by atoms with Gasteiger partial charge in [0.1, 0.15) is 16.6 Å². The van der Waals surface area contributed by atoms with Gasteiger partial charge in [0, 0.05) is 11.6 Å². The van der Waals surface area contributed by atoms with E-state index in [1.165, 1.54) is 23.6 Å². The standard InChI is InChI=1S/C23H24ClF3N4O2/c1-13-8-15(23(25,26)27)10-16(9-13)30(21(32)33-22(2,3)4)19-11-18(24)29-20-17(12-28-31(19)20)14-6-5-7-14/h8-12,14H,5-7H2,1-4H3. The Labute approximate surface area is 194 Å². The van der Waals surface area contributed by atoms with Gasteiger partial charge in [-0.3, -0.25) is 0 Å². The number of anilines is 2. The molecule has 1 fully saturated rings. The molecular weight excluding hydrogens is 457 g/mol. The van der Waals surface area contributed by atoms with Gasteiger partial charge in [-0.15, -0.1) is 0 Å². The molecule has 0 radical (unpaired) electrons. The van der Waals surface area contributed by atoms with Crippen LogP contribution in [0.5, 0.6) is 0 Å². The fourth-order valence-electron chi connectivity index (χ4n) is 3.80. The molecule has 0 unspecified atom stereocenters. The van der Waals surface area contributed by atoms with Gasteiger partial charge in [0.05, 0.1) is 17.4 Å². The number of carbonyl (C=O) groups excluding carboxylic acids is 1. The summed E-state index contributed by atoms with van der Waals surface area (Å²) in [5.41, 5.74) is -0.0727. The molecule has 2 aromatic heterocycles. The average molecular weight is 481 g/mol. The van der Waals surface area contributed by atoms with Gasteiger partial charge in [-0.25, -0.2) is 14.7 Å². The molecule has 4 rings (SSSR count). The van der Waals surface area contributed by atoms with E-state index in [2.05, 4.69) is 10.1 Å². The van der Waals surface area contributed by atoms with Crippen molar-refractivity contribution in [3.8, 4) is 0 Å². The number of carbonyl (C=O) groups is 1. The summed E-state index contributed by atoms with van der Waals surface area (Å²) in [7, 11) is 0. The maximum absolute atomic E-state index is 13.6. The van der Waals surface area contributed by atoms with Gasteiger partial charge >= 0.3 is 12.3 Å². The summed E-state index contributed by atoms with van der Waals surface area (Å²) in [6, 6.07) is 4.81. The topological polar surface area (TPSA) is 59.7 Å². The zero-order valence-corrected chi connectivity index (χ0v) is 19.5. The van der Waals surface area contributed by atoms with Crippen LogP contribution in [0, 0.1) is 6.92 Å². The second-order valence-corrected chi connectivity index (χ2v) is 9.66. The molecule has 1 saturated carbocycles. The van der Waals surface area contributed by atoms with Crippen molar-refractivity contribution in [2.45, 2.75) is 64.7 Å². The Morgan fingerprint density at radius 2 is 1.88 bits per heavy atom. The zero-order valence-electron chi connectivity index (χ0n) is 18.7. The molecule has 176 valence electrons. The molecule has 1 aliphatic rings. The number of benzene rings is 1. The molecule has 33 heavy (non-hydrogen) atoms. The smallest absolute Gasteiger partial charge is 0.420 e.